The van der Waals surface area contributed by atoms with Crippen molar-refractivity contribution in [2.45, 2.75) is 50.5 Å². The first-order valence-corrected chi connectivity index (χ1v) is 8.67. The lowest BCUT2D eigenvalue weighted by Gasteiger charge is -2.23. The van der Waals surface area contributed by atoms with Crippen LogP contribution in [0.1, 0.15) is 37.3 Å². The summed E-state index contributed by atoms with van der Waals surface area (Å²) in [5.41, 5.74) is 7.03. The smallest absolute Gasteiger partial charge is 0.243 e. The Morgan fingerprint density at radius 1 is 1.24 bits per heavy atom. The van der Waals surface area contributed by atoms with Crippen LogP contribution in [0.25, 0.3) is 0 Å². The lowest BCUT2D eigenvalue weighted by atomic mass is 9.98. The maximum absolute atomic E-state index is 12.9. The number of nitrogen functional groups attached to an aromatic ring is 1. The molecular formula is C15H24N2O3S. The molecule has 1 aromatic rings. The largest absolute Gasteiger partial charge is 0.398 e. The Kier molecular flexibility index (Phi) is 4.33. The minimum Gasteiger partial charge on any atom is -0.398 e. The lowest BCUT2D eigenvalue weighted by molar-refractivity contribution is 0.0465. The molecule has 118 valence electrons. The first-order valence-electron chi connectivity index (χ1n) is 7.23. The van der Waals surface area contributed by atoms with Crippen molar-refractivity contribution in [3.8, 4) is 0 Å². The molecule has 1 aliphatic rings. The third-order valence-corrected chi connectivity index (χ3v) is 6.21. The fraction of sp³-hybridized carbons (Fsp3) is 0.600. The number of aliphatic hydroxyl groups is 1. The van der Waals surface area contributed by atoms with Crippen LogP contribution >= 0.6 is 0 Å². The molecule has 0 radical (unpaired) electrons. The summed E-state index contributed by atoms with van der Waals surface area (Å²) in [7, 11) is -3.57. The molecule has 1 saturated heterocycles. The molecule has 21 heavy (non-hydrogen) atoms. The van der Waals surface area contributed by atoms with Gasteiger partial charge in [0.2, 0.25) is 10.0 Å². The van der Waals surface area contributed by atoms with Gasteiger partial charge >= 0.3 is 0 Å². The Hall–Kier alpha value is -1.11. The molecule has 0 spiro atoms. The Labute approximate surface area is 126 Å². The second-order valence-corrected chi connectivity index (χ2v) is 8.14. The fourth-order valence-corrected chi connectivity index (χ4v) is 4.56. The third kappa shape index (κ3) is 3.39. The van der Waals surface area contributed by atoms with Crippen LogP contribution in [0.15, 0.2) is 17.0 Å². The van der Waals surface area contributed by atoms with Crippen LogP contribution in [0.2, 0.25) is 0 Å². The van der Waals surface area contributed by atoms with Crippen LogP contribution in [0.5, 0.6) is 0 Å². The van der Waals surface area contributed by atoms with E-state index in [0.717, 1.165) is 5.56 Å². The summed E-state index contributed by atoms with van der Waals surface area (Å²) >= 11 is 0. The Balaban J connectivity index is 2.39. The number of anilines is 1. The topological polar surface area (TPSA) is 83.6 Å². The summed E-state index contributed by atoms with van der Waals surface area (Å²) in [6.45, 7) is 6.10. The SMILES string of the molecule is Cc1cc(N)c(C)c(S(=O)(=O)N2CCCC(C)(O)CC2)c1. The van der Waals surface area contributed by atoms with Crippen molar-refractivity contribution in [3.05, 3.63) is 23.3 Å². The number of rotatable bonds is 2. The number of nitrogens with two attached hydrogens (primary N) is 1. The van der Waals surface area contributed by atoms with E-state index in [4.69, 9.17) is 5.73 Å². The first kappa shape index (κ1) is 16.3. The molecule has 1 fully saturated rings. The van der Waals surface area contributed by atoms with Crippen LogP contribution in [-0.2, 0) is 10.0 Å². The van der Waals surface area contributed by atoms with Crippen LogP contribution < -0.4 is 5.73 Å². The van der Waals surface area contributed by atoms with E-state index in [1.807, 2.05) is 6.92 Å². The van der Waals surface area contributed by atoms with Gasteiger partial charge in [0.05, 0.1) is 10.5 Å². The molecule has 0 aromatic heterocycles. The normalized spacial score (nSPS) is 24.8. The van der Waals surface area contributed by atoms with Crippen LogP contribution in [0, 0.1) is 13.8 Å². The van der Waals surface area contributed by atoms with Gasteiger partial charge in [0.1, 0.15) is 0 Å². The predicted octanol–water partition coefficient (Wildman–Crippen LogP) is 1.81. The maximum Gasteiger partial charge on any atom is 0.243 e. The molecule has 1 aliphatic heterocycles. The van der Waals surface area contributed by atoms with Crippen LogP contribution in [0.3, 0.4) is 0 Å². The van der Waals surface area contributed by atoms with Gasteiger partial charge in [-0.1, -0.05) is 0 Å². The number of aryl methyl sites for hydroxylation is 1. The maximum atomic E-state index is 12.9. The lowest BCUT2D eigenvalue weighted by Crippen LogP contribution is -2.34. The first-order chi connectivity index (χ1) is 9.63. The van der Waals surface area contributed by atoms with E-state index in [9.17, 15) is 13.5 Å². The number of hydrogen-bond donors (Lipinski definition) is 2. The standard InChI is InChI=1S/C15H24N2O3S/c1-11-9-13(16)12(2)14(10-11)21(19,20)17-7-4-5-15(3,18)6-8-17/h9-10,18H,4-8,16H2,1-3H3. The molecule has 0 saturated carbocycles. The van der Waals surface area contributed by atoms with Gasteiger partial charge in [0.15, 0.2) is 0 Å². The van der Waals surface area contributed by atoms with Crippen molar-refractivity contribution in [2.24, 2.45) is 0 Å². The zero-order valence-corrected chi connectivity index (χ0v) is 13.7. The predicted molar refractivity (Wildman–Crippen MR) is 83.6 cm³/mol. The minimum atomic E-state index is -3.57. The van der Waals surface area contributed by atoms with Crippen molar-refractivity contribution >= 4 is 15.7 Å². The van der Waals surface area contributed by atoms with E-state index in [-0.39, 0.29) is 4.90 Å². The van der Waals surface area contributed by atoms with Crippen LogP contribution in [0.4, 0.5) is 5.69 Å². The van der Waals surface area contributed by atoms with E-state index >= 15 is 0 Å². The number of benzene rings is 1. The Morgan fingerprint density at radius 2 is 1.90 bits per heavy atom. The molecule has 0 bridgehead atoms. The molecule has 1 aromatic carbocycles. The molecule has 1 atom stereocenters. The van der Waals surface area contributed by atoms with Gasteiger partial charge in [-0.25, -0.2) is 8.42 Å². The summed E-state index contributed by atoms with van der Waals surface area (Å²) in [5.74, 6) is 0. The molecule has 6 heteroatoms. The number of nitrogens with zero attached hydrogens (tertiary/aromatic N) is 1. The fourth-order valence-electron chi connectivity index (χ4n) is 2.74. The van der Waals surface area contributed by atoms with Gasteiger partial charge in [0.25, 0.3) is 0 Å². The van der Waals surface area contributed by atoms with Crippen molar-refractivity contribution in [2.75, 3.05) is 18.8 Å². The van der Waals surface area contributed by atoms with Gasteiger partial charge < -0.3 is 10.8 Å². The average molecular weight is 312 g/mol. The van der Waals surface area contributed by atoms with Gasteiger partial charge in [-0.2, -0.15) is 4.31 Å². The Bertz CT molecular complexity index is 639. The second kappa shape index (κ2) is 5.59. The highest BCUT2D eigenvalue weighted by molar-refractivity contribution is 7.89. The van der Waals surface area contributed by atoms with Crippen LogP contribution in [-0.4, -0.2) is 36.5 Å². The van der Waals surface area contributed by atoms with E-state index < -0.39 is 15.6 Å². The van der Waals surface area contributed by atoms with E-state index in [1.165, 1.54) is 4.31 Å². The zero-order chi connectivity index (χ0) is 15.8. The zero-order valence-electron chi connectivity index (χ0n) is 12.9. The van der Waals surface area contributed by atoms with Crippen molar-refractivity contribution in [1.82, 2.24) is 4.31 Å². The minimum absolute atomic E-state index is 0.279. The number of sulfonamides is 1. The van der Waals surface area contributed by atoms with Crippen molar-refractivity contribution in [1.29, 1.82) is 0 Å². The van der Waals surface area contributed by atoms with E-state index in [1.54, 1.807) is 26.0 Å². The number of hydrogen-bond acceptors (Lipinski definition) is 4. The molecular weight excluding hydrogens is 288 g/mol. The van der Waals surface area contributed by atoms with Gasteiger partial charge in [-0.05, 0) is 63.3 Å². The highest BCUT2D eigenvalue weighted by atomic mass is 32.2. The summed E-state index contributed by atoms with van der Waals surface area (Å²) in [6.07, 6.45) is 1.73. The second-order valence-electron chi connectivity index (χ2n) is 6.23. The van der Waals surface area contributed by atoms with E-state index in [0.29, 0.717) is 43.6 Å². The Morgan fingerprint density at radius 3 is 2.57 bits per heavy atom. The third-order valence-electron chi connectivity index (χ3n) is 4.19. The highest BCUT2D eigenvalue weighted by Crippen LogP contribution is 2.29. The van der Waals surface area contributed by atoms with Gasteiger partial charge in [-0.3, -0.25) is 0 Å². The average Bonchev–Trinajstić information content (AvgIpc) is 2.55. The molecule has 0 amide bonds. The summed E-state index contributed by atoms with van der Waals surface area (Å²) in [5, 5.41) is 10.1. The molecule has 2 rings (SSSR count). The van der Waals surface area contributed by atoms with Crippen molar-refractivity contribution in [3.63, 3.8) is 0 Å². The van der Waals surface area contributed by atoms with E-state index in [2.05, 4.69) is 0 Å². The molecule has 1 unspecified atom stereocenters. The summed E-state index contributed by atoms with van der Waals surface area (Å²) < 4.78 is 27.2. The summed E-state index contributed by atoms with van der Waals surface area (Å²) in [6, 6.07) is 3.45. The summed E-state index contributed by atoms with van der Waals surface area (Å²) in [4.78, 5) is 0.279. The molecule has 5 nitrogen and oxygen atoms in total. The van der Waals surface area contributed by atoms with Gasteiger partial charge in [0, 0.05) is 18.8 Å². The monoisotopic (exact) mass is 312 g/mol. The molecule has 0 aliphatic carbocycles. The molecule has 3 N–H and O–H groups in total. The van der Waals surface area contributed by atoms with Crippen molar-refractivity contribution < 1.29 is 13.5 Å². The molecule has 1 heterocycles. The highest BCUT2D eigenvalue weighted by Gasteiger charge is 2.32. The van der Waals surface area contributed by atoms with Gasteiger partial charge in [-0.15, -0.1) is 0 Å². The quantitative estimate of drug-likeness (QED) is 0.816.